The van der Waals surface area contributed by atoms with Crippen LogP contribution in [0.25, 0.3) is 0 Å². The molecule has 3 aromatic rings. The molecular formula is C23H26ClN5O2S. The lowest BCUT2D eigenvalue weighted by Gasteiger charge is -2.33. The normalized spacial score (nSPS) is 17.4. The number of halogens is 1. The van der Waals surface area contributed by atoms with Crippen LogP contribution in [-0.4, -0.2) is 33.1 Å². The summed E-state index contributed by atoms with van der Waals surface area (Å²) in [5, 5.41) is 12.4. The van der Waals surface area contributed by atoms with Crippen molar-refractivity contribution < 1.29 is 9.53 Å². The predicted octanol–water partition coefficient (Wildman–Crippen LogP) is 4.85. The van der Waals surface area contributed by atoms with Gasteiger partial charge in [0.1, 0.15) is 11.0 Å². The maximum Gasteiger partial charge on any atom is 0.240 e. The molecule has 2 N–H and O–H groups in total. The number of thioether (sulfide) groups is 1. The highest BCUT2D eigenvalue weighted by Gasteiger charge is 2.38. The fraction of sp³-hybridized carbons (Fsp3) is 0.348. The van der Waals surface area contributed by atoms with E-state index in [1.54, 1.807) is 7.11 Å². The van der Waals surface area contributed by atoms with Gasteiger partial charge in [-0.25, -0.2) is 4.68 Å². The molecular weight excluding hydrogens is 446 g/mol. The molecule has 1 aliphatic heterocycles. The highest BCUT2D eigenvalue weighted by molar-refractivity contribution is 8.00. The molecule has 0 aliphatic carbocycles. The molecule has 2 aromatic carbocycles. The van der Waals surface area contributed by atoms with Crippen molar-refractivity contribution in [1.82, 2.24) is 14.9 Å². The topological polar surface area (TPSA) is 81.1 Å². The van der Waals surface area contributed by atoms with E-state index in [-0.39, 0.29) is 11.9 Å². The SMILES string of the molecule is CCCc1nnc2n1NC(c1ccc(OC)c(Cl)c1)C(C(=O)Nc1ccccc1CC)S2. The van der Waals surface area contributed by atoms with Gasteiger partial charge in [-0.05, 0) is 42.2 Å². The van der Waals surface area contributed by atoms with Crippen molar-refractivity contribution in [3.05, 3.63) is 64.4 Å². The predicted molar refractivity (Wildman–Crippen MR) is 128 cm³/mol. The van der Waals surface area contributed by atoms with E-state index >= 15 is 0 Å². The number of ether oxygens (including phenoxy) is 1. The molecule has 32 heavy (non-hydrogen) atoms. The highest BCUT2D eigenvalue weighted by Crippen LogP contribution is 2.39. The number of hydrogen-bond acceptors (Lipinski definition) is 6. The van der Waals surface area contributed by atoms with Gasteiger partial charge in [0, 0.05) is 12.1 Å². The number of rotatable bonds is 7. The summed E-state index contributed by atoms with van der Waals surface area (Å²) in [6.07, 6.45) is 2.57. The fourth-order valence-corrected chi connectivity index (χ4v) is 5.13. The Labute approximate surface area is 196 Å². The van der Waals surface area contributed by atoms with Crippen LogP contribution in [0.1, 0.15) is 43.3 Å². The van der Waals surface area contributed by atoms with Gasteiger partial charge in [0.25, 0.3) is 0 Å². The van der Waals surface area contributed by atoms with Crippen LogP contribution >= 0.6 is 23.4 Å². The van der Waals surface area contributed by atoms with E-state index in [9.17, 15) is 4.79 Å². The molecule has 0 radical (unpaired) electrons. The quantitative estimate of drug-likeness (QED) is 0.512. The minimum absolute atomic E-state index is 0.105. The van der Waals surface area contributed by atoms with Crippen LogP contribution in [-0.2, 0) is 17.6 Å². The van der Waals surface area contributed by atoms with Crippen molar-refractivity contribution in [2.24, 2.45) is 0 Å². The van der Waals surface area contributed by atoms with Crippen molar-refractivity contribution in [3.8, 4) is 5.75 Å². The summed E-state index contributed by atoms with van der Waals surface area (Å²) in [6.45, 7) is 4.17. The number of aromatic nitrogens is 3. The standard InChI is InChI=1S/C23H26ClN5O2S/c1-4-8-19-26-27-23-29(19)28-20(15-11-12-18(31-3)16(24)13-15)21(32-23)22(30)25-17-10-7-6-9-14(17)5-2/h6-7,9-13,20-21,28H,4-5,8H2,1-3H3,(H,25,30). The number of methoxy groups -OCH3 is 1. The lowest BCUT2D eigenvalue weighted by molar-refractivity contribution is -0.116. The molecule has 2 atom stereocenters. The van der Waals surface area contributed by atoms with Crippen LogP contribution < -0.4 is 15.5 Å². The van der Waals surface area contributed by atoms with Gasteiger partial charge in [0.15, 0.2) is 5.82 Å². The third-order valence-electron chi connectivity index (χ3n) is 5.43. The Bertz CT molecular complexity index is 1120. The van der Waals surface area contributed by atoms with Gasteiger partial charge in [-0.15, -0.1) is 10.2 Å². The number of amides is 1. The molecule has 9 heteroatoms. The number of nitrogens with zero attached hydrogens (tertiary/aromatic N) is 3. The Balaban J connectivity index is 1.70. The first-order valence-corrected chi connectivity index (χ1v) is 11.9. The van der Waals surface area contributed by atoms with E-state index < -0.39 is 5.25 Å². The molecule has 1 aliphatic rings. The van der Waals surface area contributed by atoms with Crippen molar-refractivity contribution in [3.63, 3.8) is 0 Å². The fourth-order valence-electron chi connectivity index (χ4n) is 3.76. The van der Waals surface area contributed by atoms with Gasteiger partial charge < -0.3 is 15.5 Å². The van der Waals surface area contributed by atoms with Gasteiger partial charge in [-0.1, -0.05) is 61.5 Å². The van der Waals surface area contributed by atoms with E-state index in [2.05, 4.69) is 34.8 Å². The first-order valence-electron chi connectivity index (χ1n) is 10.6. The number of nitrogens with one attached hydrogen (secondary N) is 2. The average Bonchev–Trinajstić information content (AvgIpc) is 3.20. The number of para-hydroxylation sites is 1. The smallest absolute Gasteiger partial charge is 0.240 e. The van der Waals surface area contributed by atoms with Crippen molar-refractivity contribution in [2.75, 3.05) is 17.9 Å². The average molecular weight is 472 g/mol. The first-order chi connectivity index (χ1) is 15.5. The van der Waals surface area contributed by atoms with Crippen LogP contribution in [0.15, 0.2) is 47.6 Å². The Hall–Kier alpha value is -2.71. The van der Waals surface area contributed by atoms with Crippen molar-refractivity contribution >= 4 is 35.0 Å². The Kier molecular flexibility index (Phi) is 6.91. The summed E-state index contributed by atoms with van der Waals surface area (Å²) in [4.78, 5) is 13.5. The van der Waals surface area contributed by atoms with Gasteiger partial charge in [-0.3, -0.25) is 4.79 Å². The molecule has 4 rings (SSSR count). The lowest BCUT2D eigenvalue weighted by Crippen LogP contribution is -2.41. The maximum atomic E-state index is 13.5. The number of fused-ring (bicyclic) bond motifs is 1. The Morgan fingerprint density at radius 1 is 1.25 bits per heavy atom. The molecule has 7 nitrogen and oxygen atoms in total. The summed E-state index contributed by atoms with van der Waals surface area (Å²) in [7, 11) is 1.58. The number of carbonyl (C=O) groups is 1. The van der Waals surface area contributed by atoms with Crippen molar-refractivity contribution in [1.29, 1.82) is 0 Å². The molecule has 0 saturated carbocycles. The molecule has 168 valence electrons. The van der Waals surface area contributed by atoms with Crippen LogP contribution in [0, 0.1) is 0 Å². The van der Waals surface area contributed by atoms with E-state index in [0.717, 1.165) is 41.9 Å². The first kappa shape index (κ1) is 22.5. The second-order valence-corrected chi connectivity index (χ2v) is 9.04. The lowest BCUT2D eigenvalue weighted by atomic mass is 10.0. The van der Waals surface area contributed by atoms with Gasteiger partial charge in [-0.2, -0.15) is 0 Å². The number of anilines is 1. The number of benzene rings is 2. The molecule has 0 bridgehead atoms. The second-order valence-electron chi connectivity index (χ2n) is 7.52. The Morgan fingerprint density at radius 3 is 2.78 bits per heavy atom. The van der Waals surface area contributed by atoms with Gasteiger partial charge in [0.2, 0.25) is 11.1 Å². The van der Waals surface area contributed by atoms with E-state index in [0.29, 0.717) is 15.9 Å². The largest absolute Gasteiger partial charge is 0.495 e. The van der Waals surface area contributed by atoms with Crippen LogP contribution in [0.5, 0.6) is 5.75 Å². The minimum atomic E-state index is -0.476. The zero-order chi connectivity index (χ0) is 22.7. The van der Waals surface area contributed by atoms with Gasteiger partial charge in [0.05, 0.1) is 18.2 Å². The highest BCUT2D eigenvalue weighted by atomic mass is 35.5. The van der Waals surface area contributed by atoms with Crippen molar-refractivity contribution in [2.45, 2.75) is 49.6 Å². The molecule has 2 heterocycles. The maximum absolute atomic E-state index is 13.5. The van der Waals surface area contributed by atoms with E-state index in [4.69, 9.17) is 16.3 Å². The third kappa shape index (κ3) is 4.42. The molecule has 1 aromatic heterocycles. The third-order valence-corrected chi connectivity index (χ3v) is 6.94. The summed E-state index contributed by atoms with van der Waals surface area (Å²) in [5.41, 5.74) is 6.27. The van der Waals surface area contributed by atoms with Crippen LogP contribution in [0.2, 0.25) is 5.02 Å². The summed E-state index contributed by atoms with van der Waals surface area (Å²) in [5.74, 6) is 1.33. The molecule has 0 spiro atoms. The van der Waals surface area contributed by atoms with Crippen LogP contribution in [0.3, 0.4) is 0 Å². The van der Waals surface area contributed by atoms with Gasteiger partial charge >= 0.3 is 0 Å². The minimum Gasteiger partial charge on any atom is -0.495 e. The molecule has 1 amide bonds. The Morgan fingerprint density at radius 2 is 2.06 bits per heavy atom. The number of hydrogen-bond donors (Lipinski definition) is 2. The summed E-state index contributed by atoms with van der Waals surface area (Å²) < 4.78 is 7.19. The summed E-state index contributed by atoms with van der Waals surface area (Å²) in [6, 6.07) is 13.1. The zero-order valence-electron chi connectivity index (χ0n) is 18.3. The van der Waals surface area contributed by atoms with E-state index in [1.165, 1.54) is 11.8 Å². The number of carbonyl (C=O) groups excluding carboxylic acids is 1. The summed E-state index contributed by atoms with van der Waals surface area (Å²) >= 11 is 7.82. The molecule has 2 unspecified atom stereocenters. The second kappa shape index (κ2) is 9.83. The molecule has 0 fully saturated rings. The monoisotopic (exact) mass is 471 g/mol. The zero-order valence-corrected chi connectivity index (χ0v) is 19.8. The molecule has 0 saturated heterocycles. The number of aryl methyl sites for hydroxylation is 2. The van der Waals surface area contributed by atoms with Crippen LogP contribution in [0.4, 0.5) is 5.69 Å². The van der Waals surface area contributed by atoms with E-state index in [1.807, 2.05) is 47.1 Å².